The number of aromatic nitrogens is 3. The van der Waals surface area contributed by atoms with Crippen LogP contribution in [0.2, 0.25) is 5.02 Å². The van der Waals surface area contributed by atoms with Crippen LogP contribution in [0.1, 0.15) is 10.4 Å². The molecule has 21 heavy (non-hydrogen) atoms. The first-order valence-corrected chi connectivity index (χ1v) is 7.15. The molecular formula is C13H10ClN5OS. The van der Waals surface area contributed by atoms with E-state index in [9.17, 15) is 4.79 Å². The fourth-order valence-electron chi connectivity index (χ4n) is 1.92. The molecule has 1 aromatic carbocycles. The lowest BCUT2D eigenvalue weighted by atomic mass is 10.2. The molecule has 0 radical (unpaired) electrons. The zero-order chi connectivity index (χ0) is 14.8. The molecule has 8 heteroatoms. The quantitative estimate of drug-likeness (QED) is 0.775. The Morgan fingerprint density at radius 2 is 2.14 bits per heavy atom. The van der Waals surface area contributed by atoms with Crippen molar-refractivity contribution < 1.29 is 4.79 Å². The average Bonchev–Trinajstić information content (AvgIpc) is 2.98. The number of carbonyl (C=O) groups excluding carboxylic acids is 1. The minimum Gasteiger partial charge on any atom is -0.386 e. The number of fused-ring (bicyclic) bond motifs is 1. The van der Waals surface area contributed by atoms with Crippen molar-refractivity contribution >= 4 is 51.6 Å². The van der Waals surface area contributed by atoms with Gasteiger partial charge in [-0.2, -0.15) is 8.75 Å². The van der Waals surface area contributed by atoms with E-state index in [1.807, 2.05) is 0 Å². The van der Waals surface area contributed by atoms with E-state index in [2.05, 4.69) is 24.4 Å². The Kier molecular flexibility index (Phi) is 3.68. The first-order valence-electron chi connectivity index (χ1n) is 6.04. The highest BCUT2D eigenvalue weighted by atomic mass is 35.5. The largest absolute Gasteiger partial charge is 0.386 e. The van der Waals surface area contributed by atoms with Crippen molar-refractivity contribution in [3.05, 3.63) is 41.2 Å². The zero-order valence-electron chi connectivity index (χ0n) is 10.9. The van der Waals surface area contributed by atoms with Crippen molar-refractivity contribution in [3.63, 3.8) is 0 Å². The smallest absolute Gasteiger partial charge is 0.257 e. The lowest BCUT2D eigenvalue weighted by Gasteiger charge is -2.10. The third-order valence-corrected chi connectivity index (χ3v) is 3.81. The molecule has 0 bridgehead atoms. The van der Waals surface area contributed by atoms with Gasteiger partial charge in [-0.15, -0.1) is 0 Å². The number of nitrogens with zero attached hydrogens (tertiary/aromatic N) is 3. The maximum atomic E-state index is 12.4. The number of amides is 1. The lowest BCUT2D eigenvalue weighted by Crippen LogP contribution is -2.14. The molecule has 2 heterocycles. The number of pyridine rings is 1. The maximum absolute atomic E-state index is 12.4. The summed E-state index contributed by atoms with van der Waals surface area (Å²) in [7, 11) is 1.73. The molecule has 0 fully saturated rings. The normalized spacial score (nSPS) is 10.6. The van der Waals surface area contributed by atoms with Crippen molar-refractivity contribution in [1.29, 1.82) is 0 Å². The van der Waals surface area contributed by atoms with Gasteiger partial charge in [0.25, 0.3) is 5.91 Å². The highest BCUT2D eigenvalue weighted by Crippen LogP contribution is 2.30. The van der Waals surface area contributed by atoms with Gasteiger partial charge in [-0.25, -0.2) is 0 Å². The third kappa shape index (κ3) is 2.53. The van der Waals surface area contributed by atoms with Gasteiger partial charge < -0.3 is 10.6 Å². The molecule has 0 spiro atoms. The van der Waals surface area contributed by atoms with Gasteiger partial charge in [0.15, 0.2) is 0 Å². The van der Waals surface area contributed by atoms with Gasteiger partial charge in [0.05, 0.1) is 39.9 Å². The Labute approximate surface area is 129 Å². The summed E-state index contributed by atoms with van der Waals surface area (Å²) in [6.07, 6.45) is 3.14. The van der Waals surface area contributed by atoms with Crippen LogP contribution in [0.25, 0.3) is 11.0 Å². The fraction of sp³-hybridized carbons (Fsp3) is 0.0769. The van der Waals surface area contributed by atoms with Crippen LogP contribution >= 0.6 is 23.3 Å². The molecule has 0 saturated heterocycles. The molecule has 0 aliphatic heterocycles. The van der Waals surface area contributed by atoms with Crippen molar-refractivity contribution in [2.75, 3.05) is 17.7 Å². The molecule has 3 aromatic rings. The molecule has 0 unspecified atom stereocenters. The Bertz CT molecular complexity index is 819. The number of anilines is 2. The summed E-state index contributed by atoms with van der Waals surface area (Å²) in [6.45, 7) is 0. The van der Waals surface area contributed by atoms with Crippen LogP contribution in [-0.2, 0) is 0 Å². The zero-order valence-corrected chi connectivity index (χ0v) is 12.5. The van der Waals surface area contributed by atoms with E-state index in [-0.39, 0.29) is 5.91 Å². The van der Waals surface area contributed by atoms with Crippen molar-refractivity contribution in [2.24, 2.45) is 0 Å². The van der Waals surface area contributed by atoms with Gasteiger partial charge >= 0.3 is 0 Å². The molecule has 0 atom stereocenters. The lowest BCUT2D eigenvalue weighted by molar-refractivity contribution is 0.102. The first-order chi connectivity index (χ1) is 10.2. The molecule has 6 nitrogen and oxygen atoms in total. The second-order valence-electron chi connectivity index (χ2n) is 4.18. The monoisotopic (exact) mass is 319 g/mol. The molecular weight excluding hydrogens is 310 g/mol. The number of rotatable bonds is 3. The van der Waals surface area contributed by atoms with E-state index < -0.39 is 0 Å². The molecule has 0 saturated carbocycles. The predicted octanol–water partition coefficient (Wildman–Crippen LogP) is 3.03. The molecule has 106 valence electrons. The van der Waals surface area contributed by atoms with E-state index in [1.165, 1.54) is 0 Å². The third-order valence-electron chi connectivity index (χ3n) is 2.95. The van der Waals surface area contributed by atoms with Gasteiger partial charge in [0.2, 0.25) is 0 Å². The minimum absolute atomic E-state index is 0.288. The SMILES string of the molecule is CNc1cnccc1C(=O)Nc1c(Cl)ccc2nsnc12. The minimum atomic E-state index is -0.288. The number of hydrogen-bond donors (Lipinski definition) is 2. The Morgan fingerprint density at radius 3 is 2.95 bits per heavy atom. The standard InChI is InChI=1S/C13H10ClN5OS/c1-15-10-6-16-5-4-7(10)13(20)17-11-8(14)2-3-9-12(11)19-21-18-9/h2-6,15H,1H3,(H,17,20). The molecule has 2 N–H and O–H groups in total. The summed E-state index contributed by atoms with van der Waals surface area (Å²) in [4.78, 5) is 16.4. The Hall–Kier alpha value is -2.25. The van der Waals surface area contributed by atoms with E-state index in [1.54, 1.807) is 37.6 Å². The van der Waals surface area contributed by atoms with Gasteiger partial charge in [0.1, 0.15) is 11.0 Å². The molecule has 0 aliphatic carbocycles. The van der Waals surface area contributed by atoms with Gasteiger partial charge in [0, 0.05) is 13.2 Å². The van der Waals surface area contributed by atoms with Crippen molar-refractivity contribution in [1.82, 2.24) is 13.7 Å². The van der Waals surface area contributed by atoms with E-state index in [0.717, 1.165) is 11.7 Å². The van der Waals surface area contributed by atoms with Crippen molar-refractivity contribution in [2.45, 2.75) is 0 Å². The summed E-state index contributed by atoms with van der Waals surface area (Å²) in [5.74, 6) is -0.288. The van der Waals surface area contributed by atoms with Crippen LogP contribution < -0.4 is 10.6 Å². The number of nitrogens with one attached hydrogen (secondary N) is 2. The van der Waals surface area contributed by atoms with E-state index in [0.29, 0.717) is 33.0 Å². The topological polar surface area (TPSA) is 79.8 Å². The highest BCUT2D eigenvalue weighted by Gasteiger charge is 2.16. The summed E-state index contributed by atoms with van der Waals surface area (Å²) in [6, 6.07) is 5.09. The van der Waals surface area contributed by atoms with Crippen LogP contribution in [0.15, 0.2) is 30.6 Å². The van der Waals surface area contributed by atoms with Crippen LogP contribution in [0.5, 0.6) is 0 Å². The number of benzene rings is 1. The maximum Gasteiger partial charge on any atom is 0.257 e. The Balaban J connectivity index is 2.00. The summed E-state index contributed by atoms with van der Waals surface area (Å²) in [5.41, 5.74) is 2.86. The Morgan fingerprint density at radius 1 is 1.29 bits per heavy atom. The number of carbonyl (C=O) groups is 1. The van der Waals surface area contributed by atoms with Gasteiger partial charge in [-0.1, -0.05) is 11.6 Å². The van der Waals surface area contributed by atoms with Crippen LogP contribution in [0, 0.1) is 0 Å². The van der Waals surface area contributed by atoms with Crippen molar-refractivity contribution in [3.8, 4) is 0 Å². The molecule has 2 aromatic heterocycles. The van der Waals surface area contributed by atoms with E-state index in [4.69, 9.17) is 11.6 Å². The van der Waals surface area contributed by atoms with Gasteiger partial charge in [-0.3, -0.25) is 9.78 Å². The van der Waals surface area contributed by atoms with Gasteiger partial charge in [-0.05, 0) is 18.2 Å². The first kappa shape index (κ1) is 13.7. The second kappa shape index (κ2) is 5.63. The van der Waals surface area contributed by atoms with Crippen LogP contribution in [0.4, 0.5) is 11.4 Å². The molecule has 1 amide bonds. The molecule has 3 rings (SSSR count). The summed E-state index contributed by atoms with van der Waals surface area (Å²) >= 11 is 7.23. The fourth-order valence-corrected chi connectivity index (χ4v) is 2.66. The summed E-state index contributed by atoms with van der Waals surface area (Å²) in [5, 5.41) is 6.14. The predicted molar refractivity (Wildman–Crippen MR) is 84.2 cm³/mol. The molecule has 0 aliphatic rings. The highest BCUT2D eigenvalue weighted by molar-refractivity contribution is 7.00. The number of halogens is 1. The van der Waals surface area contributed by atoms with E-state index >= 15 is 0 Å². The second-order valence-corrected chi connectivity index (χ2v) is 5.12. The number of hydrogen-bond acceptors (Lipinski definition) is 6. The van der Waals surface area contributed by atoms with Crippen LogP contribution in [-0.4, -0.2) is 26.7 Å². The average molecular weight is 320 g/mol. The van der Waals surface area contributed by atoms with Crippen LogP contribution in [0.3, 0.4) is 0 Å². The summed E-state index contributed by atoms with van der Waals surface area (Å²) < 4.78 is 8.30.